The molecule has 2 N–H and O–H groups in total. The van der Waals surface area contributed by atoms with Gasteiger partial charge in [0.15, 0.2) is 0 Å². The maximum absolute atomic E-state index is 12.5. The first-order valence-electron chi connectivity index (χ1n) is 6.67. The monoisotopic (exact) mass is 272 g/mol. The van der Waals surface area contributed by atoms with Gasteiger partial charge in [-0.1, -0.05) is 13.8 Å². The van der Waals surface area contributed by atoms with Crippen molar-refractivity contribution in [3.63, 3.8) is 0 Å². The number of carbonyl (C=O) groups is 2. The number of aliphatic hydroxyl groups excluding tert-OH is 1. The van der Waals surface area contributed by atoms with Crippen molar-refractivity contribution in [3.8, 4) is 0 Å². The number of rotatable bonds is 4. The molecule has 3 unspecified atom stereocenters. The summed E-state index contributed by atoms with van der Waals surface area (Å²) in [4.78, 5) is 25.3. The second-order valence-electron chi connectivity index (χ2n) is 5.42. The van der Waals surface area contributed by atoms with Crippen molar-refractivity contribution in [2.45, 2.75) is 45.9 Å². The summed E-state index contributed by atoms with van der Waals surface area (Å²) < 4.78 is 5.51. The van der Waals surface area contributed by atoms with Gasteiger partial charge in [0.25, 0.3) is 0 Å². The highest BCUT2D eigenvalue weighted by molar-refractivity contribution is 5.87. The second kappa shape index (κ2) is 6.86. The van der Waals surface area contributed by atoms with Crippen molar-refractivity contribution in [1.29, 1.82) is 0 Å². The van der Waals surface area contributed by atoms with Crippen LogP contribution in [0.5, 0.6) is 0 Å². The summed E-state index contributed by atoms with van der Waals surface area (Å²) in [7, 11) is 0. The Balaban J connectivity index is 2.75. The molecule has 0 radical (unpaired) electrons. The van der Waals surface area contributed by atoms with E-state index in [1.807, 2.05) is 20.8 Å². The first kappa shape index (κ1) is 15.9. The molecule has 110 valence electrons. The Hall–Kier alpha value is -1.14. The average molecular weight is 272 g/mol. The van der Waals surface area contributed by atoms with Crippen molar-refractivity contribution < 1.29 is 19.4 Å². The van der Waals surface area contributed by atoms with E-state index in [9.17, 15) is 9.59 Å². The highest BCUT2D eigenvalue weighted by atomic mass is 16.5. The van der Waals surface area contributed by atoms with Crippen LogP contribution in [-0.2, 0) is 14.3 Å². The molecule has 1 heterocycles. The van der Waals surface area contributed by atoms with Crippen LogP contribution in [0.4, 0.5) is 0 Å². The predicted octanol–water partition coefficient (Wildman–Crippen LogP) is -0.245. The van der Waals surface area contributed by atoms with Crippen molar-refractivity contribution in [2.24, 2.45) is 5.92 Å². The van der Waals surface area contributed by atoms with E-state index in [4.69, 9.17) is 9.84 Å². The summed E-state index contributed by atoms with van der Waals surface area (Å²) in [6, 6.07) is -0.526. The van der Waals surface area contributed by atoms with E-state index in [1.165, 1.54) is 6.92 Å². The summed E-state index contributed by atoms with van der Waals surface area (Å²) in [5.41, 5.74) is 0. The van der Waals surface area contributed by atoms with Crippen LogP contribution in [0.3, 0.4) is 0 Å². The third-order valence-corrected chi connectivity index (χ3v) is 3.13. The van der Waals surface area contributed by atoms with E-state index in [-0.39, 0.29) is 36.5 Å². The van der Waals surface area contributed by atoms with Crippen LogP contribution in [0.15, 0.2) is 0 Å². The first-order chi connectivity index (χ1) is 8.85. The molecule has 1 fully saturated rings. The Bertz CT molecular complexity index is 333. The van der Waals surface area contributed by atoms with E-state index < -0.39 is 6.04 Å². The van der Waals surface area contributed by atoms with Gasteiger partial charge in [-0.05, 0) is 12.8 Å². The Kier molecular flexibility index (Phi) is 5.75. The van der Waals surface area contributed by atoms with E-state index >= 15 is 0 Å². The number of morpholine rings is 1. The minimum absolute atomic E-state index is 0.0159. The molecular formula is C13H24N2O4. The Morgan fingerprint density at radius 3 is 2.53 bits per heavy atom. The molecule has 3 atom stereocenters. The average Bonchev–Trinajstić information content (AvgIpc) is 2.33. The molecule has 0 bridgehead atoms. The number of hydrogen-bond acceptors (Lipinski definition) is 4. The van der Waals surface area contributed by atoms with E-state index in [0.29, 0.717) is 13.1 Å². The summed E-state index contributed by atoms with van der Waals surface area (Å²) in [5, 5.41) is 11.9. The minimum atomic E-state index is -0.526. The SMILES string of the molecule is CC(=O)NC(C(=O)N1CC(C)OC(CO)C1)C(C)C. The minimum Gasteiger partial charge on any atom is -0.394 e. The molecule has 1 aliphatic heterocycles. The van der Waals surface area contributed by atoms with E-state index in [1.54, 1.807) is 4.90 Å². The molecule has 1 rings (SSSR count). The van der Waals surface area contributed by atoms with Gasteiger partial charge in [0, 0.05) is 20.0 Å². The largest absolute Gasteiger partial charge is 0.394 e. The summed E-state index contributed by atoms with van der Waals surface area (Å²) >= 11 is 0. The van der Waals surface area contributed by atoms with Crippen LogP contribution < -0.4 is 5.32 Å². The first-order valence-corrected chi connectivity index (χ1v) is 6.67. The zero-order chi connectivity index (χ0) is 14.6. The van der Waals surface area contributed by atoms with Gasteiger partial charge >= 0.3 is 0 Å². The predicted molar refractivity (Wildman–Crippen MR) is 70.4 cm³/mol. The molecule has 0 aromatic heterocycles. The molecule has 6 heteroatoms. The van der Waals surface area contributed by atoms with Crippen LogP contribution in [-0.4, -0.2) is 59.8 Å². The highest BCUT2D eigenvalue weighted by Gasteiger charge is 2.33. The number of hydrogen-bond donors (Lipinski definition) is 2. The van der Waals surface area contributed by atoms with Gasteiger partial charge in [-0.3, -0.25) is 9.59 Å². The number of amides is 2. The molecule has 1 aliphatic rings. The molecule has 1 saturated heterocycles. The molecule has 0 aromatic rings. The second-order valence-corrected chi connectivity index (χ2v) is 5.42. The fourth-order valence-corrected chi connectivity index (χ4v) is 2.26. The van der Waals surface area contributed by atoms with Crippen LogP contribution in [0.1, 0.15) is 27.7 Å². The lowest BCUT2D eigenvalue weighted by Crippen LogP contribution is -2.57. The molecule has 19 heavy (non-hydrogen) atoms. The normalized spacial score (nSPS) is 25.3. The van der Waals surface area contributed by atoms with Gasteiger partial charge in [0.1, 0.15) is 6.04 Å². The summed E-state index contributed by atoms with van der Waals surface area (Å²) in [6.07, 6.45) is -0.460. The number of carbonyl (C=O) groups excluding carboxylic acids is 2. The van der Waals surface area contributed by atoms with Crippen LogP contribution >= 0.6 is 0 Å². The van der Waals surface area contributed by atoms with Gasteiger partial charge in [-0.25, -0.2) is 0 Å². The number of aliphatic hydroxyl groups is 1. The molecular weight excluding hydrogens is 248 g/mol. The lowest BCUT2D eigenvalue weighted by Gasteiger charge is -2.38. The molecule has 0 aliphatic carbocycles. The zero-order valence-electron chi connectivity index (χ0n) is 12.0. The quantitative estimate of drug-likeness (QED) is 0.740. The maximum Gasteiger partial charge on any atom is 0.245 e. The third kappa shape index (κ3) is 4.47. The fraction of sp³-hybridized carbons (Fsp3) is 0.846. The van der Waals surface area contributed by atoms with Crippen molar-refractivity contribution in [2.75, 3.05) is 19.7 Å². The standard InChI is InChI=1S/C13H24N2O4/c1-8(2)12(14-10(4)17)13(18)15-5-9(3)19-11(6-15)7-16/h8-9,11-12,16H,5-7H2,1-4H3,(H,14,17). The van der Waals surface area contributed by atoms with Gasteiger partial charge in [-0.15, -0.1) is 0 Å². The number of nitrogens with zero attached hydrogens (tertiary/aromatic N) is 1. The van der Waals surface area contributed by atoms with Crippen molar-refractivity contribution >= 4 is 11.8 Å². The van der Waals surface area contributed by atoms with Crippen LogP contribution in [0.2, 0.25) is 0 Å². The molecule has 2 amide bonds. The number of nitrogens with one attached hydrogen (secondary N) is 1. The fourth-order valence-electron chi connectivity index (χ4n) is 2.26. The molecule has 0 spiro atoms. The Labute approximate surface area is 114 Å². The Morgan fingerprint density at radius 1 is 1.42 bits per heavy atom. The van der Waals surface area contributed by atoms with Crippen molar-refractivity contribution in [1.82, 2.24) is 10.2 Å². The molecule has 6 nitrogen and oxygen atoms in total. The zero-order valence-corrected chi connectivity index (χ0v) is 12.0. The van der Waals surface area contributed by atoms with Crippen molar-refractivity contribution in [3.05, 3.63) is 0 Å². The third-order valence-electron chi connectivity index (χ3n) is 3.13. The topological polar surface area (TPSA) is 78.9 Å². The van der Waals surface area contributed by atoms with Crippen LogP contribution in [0, 0.1) is 5.92 Å². The lowest BCUT2D eigenvalue weighted by molar-refractivity contribution is -0.151. The lowest BCUT2D eigenvalue weighted by atomic mass is 10.0. The van der Waals surface area contributed by atoms with E-state index in [2.05, 4.69) is 5.32 Å². The smallest absolute Gasteiger partial charge is 0.245 e. The summed E-state index contributed by atoms with van der Waals surface area (Å²) in [6.45, 7) is 7.80. The van der Waals surface area contributed by atoms with Crippen LogP contribution in [0.25, 0.3) is 0 Å². The summed E-state index contributed by atoms with van der Waals surface area (Å²) in [5.74, 6) is -0.312. The maximum atomic E-state index is 12.5. The van der Waals surface area contributed by atoms with Gasteiger partial charge in [0.2, 0.25) is 11.8 Å². The number of ether oxygens (including phenoxy) is 1. The van der Waals surface area contributed by atoms with E-state index in [0.717, 1.165) is 0 Å². The Morgan fingerprint density at radius 2 is 2.05 bits per heavy atom. The molecule has 0 saturated carbocycles. The van der Waals surface area contributed by atoms with Gasteiger partial charge < -0.3 is 20.1 Å². The van der Waals surface area contributed by atoms with Gasteiger partial charge in [0.05, 0.1) is 18.8 Å². The highest BCUT2D eigenvalue weighted by Crippen LogP contribution is 2.14. The molecule has 0 aromatic carbocycles. The van der Waals surface area contributed by atoms with Gasteiger partial charge in [-0.2, -0.15) is 0 Å².